The number of terminal acetylenes is 1. The molecular weight excluding hydrogens is 126 g/mol. The average Bonchev–Trinajstić information content (AvgIpc) is 1.89. The molecule has 10 heavy (non-hydrogen) atoms. The standard InChI is InChI=1S/C8H15NO/c1-3-5-9-7-8(2)4-6-10/h1,8-10H,4-7H2,2H3. The number of hydrogen-bond acceptors (Lipinski definition) is 2. The van der Waals surface area contributed by atoms with E-state index in [2.05, 4.69) is 18.2 Å². The normalized spacial score (nSPS) is 12.5. The lowest BCUT2D eigenvalue weighted by atomic mass is 10.1. The van der Waals surface area contributed by atoms with Gasteiger partial charge in [0.25, 0.3) is 0 Å². The monoisotopic (exact) mass is 141 g/mol. The van der Waals surface area contributed by atoms with E-state index in [1.165, 1.54) is 0 Å². The van der Waals surface area contributed by atoms with Gasteiger partial charge in [-0.3, -0.25) is 0 Å². The van der Waals surface area contributed by atoms with Crippen molar-refractivity contribution in [2.24, 2.45) is 5.92 Å². The van der Waals surface area contributed by atoms with Crippen LogP contribution >= 0.6 is 0 Å². The Hall–Kier alpha value is -0.520. The Morgan fingerprint density at radius 1 is 1.70 bits per heavy atom. The van der Waals surface area contributed by atoms with Crippen LogP contribution in [0.5, 0.6) is 0 Å². The van der Waals surface area contributed by atoms with Crippen molar-refractivity contribution in [3.05, 3.63) is 0 Å². The van der Waals surface area contributed by atoms with Gasteiger partial charge in [-0.15, -0.1) is 6.42 Å². The van der Waals surface area contributed by atoms with Gasteiger partial charge in [-0.1, -0.05) is 12.8 Å². The summed E-state index contributed by atoms with van der Waals surface area (Å²) in [6.07, 6.45) is 5.87. The van der Waals surface area contributed by atoms with Crippen LogP contribution < -0.4 is 5.32 Å². The summed E-state index contributed by atoms with van der Waals surface area (Å²) in [5.41, 5.74) is 0. The number of aliphatic hydroxyl groups is 1. The molecule has 0 aromatic rings. The Kier molecular flexibility index (Phi) is 6.25. The highest BCUT2D eigenvalue weighted by molar-refractivity contribution is 4.86. The molecule has 0 aliphatic carbocycles. The summed E-state index contributed by atoms with van der Waals surface area (Å²) in [5.74, 6) is 3.00. The zero-order valence-corrected chi connectivity index (χ0v) is 6.43. The third-order valence-corrected chi connectivity index (χ3v) is 1.34. The van der Waals surface area contributed by atoms with Crippen molar-refractivity contribution in [3.8, 4) is 12.3 Å². The molecule has 0 saturated carbocycles. The molecule has 0 radical (unpaired) electrons. The summed E-state index contributed by atoms with van der Waals surface area (Å²) in [5, 5.41) is 11.6. The van der Waals surface area contributed by atoms with Crippen LogP contribution in [0, 0.1) is 18.3 Å². The maximum atomic E-state index is 8.53. The van der Waals surface area contributed by atoms with Crippen molar-refractivity contribution in [2.45, 2.75) is 13.3 Å². The minimum absolute atomic E-state index is 0.263. The molecule has 2 heteroatoms. The molecule has 0 bridgehead atoms. The first-order valence-electron chi connectivity index (χ1n) is 3.56. The average molecular weight is 141 g/mol. The van der Waals surface area contributed by atoms with E-state index in [4.69, 9.17) is 11.5 Å². The highest BCUT2D eigenvalue weighted by atomic mass is 16.3. The van der Waals surface area contributed by atoms with E-state index >= 15 is 0 Å². The largest absolute Gasteiger partial charge is 0.396 e. The minimum Gasteiger partial charge on any atom is -0.396 e. The van der Waals surface area contributed by atoms with Crippen LogP contribution in [0.1, 0.15) is 13.3 Å². The third kappa shape index (κ3) is 5.61. The lowest BCUT2D eigenvalue weighted by molar-refractivity contribution is 0.261. The molecule has 0 heterocycles. The Balaban J connectivity index is 3.06. The fraction of sp³-hybridized carbons (Fsp3) is 0.750. The molecule has 1 atom stereocenters. The number of rotatable bonds is 5. The molecule has 0 spiro atoms. The molecular formula is C8H15NO. The molecule has 0 aromatic heterocycles. The van der Waals surface area contributed by atoms with Crippen LogP contribution in [0.3, 0.4) is 0 Å². The van der Waals surface area contributed by atoms with Crippen LogP contribution in [0.25, 0.3) is 0 Å². The fourth-order valence-electron chi connectivity index (χ4n) is 0.713. The van der Waals surface area contributed by atoms with E-state index < -0.39 is 0 Å². The molecule has 1 unspecified atom stereocenters. The first-order chi connectivity index (χ1) is 4.81. The van der Waals surface area contributed by atoms with Gasteiger partial charge in [0.15, 0.2) is 0 Å². The third-order valence-electron chi connectivity index (χ3n) is 1.34. The molecule has 0 aromatic carbocycles. The predicted octanol–water partition coefficient (Wildman–Crippen LogP) is 0.228. The van der Waals surface area contributed by atoms with Crippen molar-refractivity contribution in [2.75, 3.05) is 19.7 Å². The number of aliphatic hydroxyl groups excluding tert-OH is 1. The predicted molar refractivity (Wildman–Crippen MR) is 42.6 cm³/mol. The van der Waals surface area contributed by atoms with Gasteiger partial charge in [0.1, 0.15) is 0 Å². The molecule has 0 rings (SSSR count). The first-order valence-corrected chi connectivity index (χ1v) is 3.56. The van der Waals surface area contributed by atoms with Gasteiger partial charge in [-0.05, 0) is 18.9 Å². The Morgan fingerprint density at radius 2 is 2.40 bits per heavy atom. The Bertz CT molecular complexity index is 106. The molecule has 0 saturated heterocycles. The highest BCUT2D eigenvalue weighted by Gasteiger charge is 1.97. The summed E-state index contributed by atoms with van der Waals surface area (Å²) < 4.78 is 0. The van der Waals surface area contributed by atoms with Crippen LogP contribution in [-0.2, 0) is 0 Å². The smallest absolute Gasteiger partial charge is 0.0573 e. The second kappa shape index (κ2) is 6.60. The van der Waals surface area contributed by atoms with Gasteiger partial charge < -0.3 is 10.4 Å². The summed E-state index contributed by atoms with van der Waals surface area (Å²) in [4.78, 5) is 0. The van der Waals surface area contributed by atoms with Gasteiger partial charge in [0, 0.05) is 6.61 Å². The molecule has 0 aliphatic heterocycles. The maximum absolute atomic E-state index is 8.53. The lowest BCUT2D eigenvalue weighted by Gasteiger charge is -2.08. The van der Waals surface area contributed by atoms with Crippen molar-refractivity contribution in [3.63, 3.8) is 0 Å². The van der Waals surface area contributed by atoms with Crippen molar-refractivity contribution in [1.29, 1.82) is 0 Å². The van der Waals surface area contributed by atoms with Gasteiger partial charge in [0.05, 0.1) is 6.54 Å². The first kappa shape index (κ1) is 9.48. The van der Waals surface area contributed by atoms with Crippen LogP contribution in [0.2, 0.25) is 0 Å². The maximum Gasteiger partial charge on any atom is 0.0573 e. The summed E-state index contributed by atoms with van der Waals surface area (Å²) in [7, 11) is 0. The van der Waals surface area contributed by atoms with Crippen LogP contribution in [0.4, 0.5) is 0 Å². The van der Waals surface area contributed by atoms with E-state index in [0.717, 1.165) is 13.0 Å². The fourth-order valence-corrected chi connectivity index (χ4v) is 0.713. The quantitative estimate of drug-likeness (QED) is 0.424. The molecule has 2 N–H and O–H groups in total. The zero-order chi connectivity index (χ0) is 7.82. The van der Waals surface area contributed by atoms with E-state index in [9.17, 15) is 0 Å². The molecule has 0 fully saturated rings. The van der Waals surface area contributed by atoms with E-state index in [1.807, 2.05) is 0 Å². The molecule has 58 valence electrons. The number of hydrogen-bond donors (Lipinski definition) is 2. The molecule has 0 aliphatic rings. The Labute approximate surface area is 62.6 Å². The summed E-state index contributed by atoms with van der Waals surface area (Å²) >= 11 is 0. The van der Waals surface area contributed by atoms with Gasteiger partial charge in [0.2, 0.25) is 0 Å². The SMILES string of the molecule is C#CCNCC(C)CCO. The van der Waals surface area contributed by atoms with Gasteiger partial charge in [-0.25, -0.2) is 0 Å². The van der Waals surface area contributed by atoms with Crippen molar-refractivity contribution in [1.82, 2.24) is 5.32 Å². The highest BCUT2D eigenvalue weighted by Crippen LogP contribution is 1.96. The van der Waals surface area contributed by atoms with E-state index in [-0.39, 0.29) is 6.61 Å². The van der Waals surface area contributed by atoms with E-state index in [1.54, 1.807) is 0 Å². The van der Waals surface area contributed by atoms with Crippen molar-refractivity contribution < 1.29 is 5.11 Å². The second-order valence-corrected chi connectivity index (χ2v) is 2.45. The number of nitrogens with one attached hydrogen (secondary N) is 1. The van der Waals surface area contributed by atoms with E-state index in [0.29, 0.717) is 12.5 Å². The van der Waals surface area contributed by atoms with Gasteiger partial charge in [-0.2, -0.15) is 0 Å². The molecule has 0 amide bonds. The Morgan fingerprint density at radius 3 is 2.90 bits per heavy atom. The second-order valence-electron chi connectivity index (χ2n) is 2.45. The van der Waals surface area contributed by atoms with Crippen LogP contribution in [-0.4, -0.2) is 24.8 Å². The minimum atomic E-state index is 0.263. The summed E-state index contributed by atoms with van der Waals surface area (Å²) in [6, 6.07) is 0. The van der Waals surface area contributed by atoms with Gasteiger partial charge >= 0.3 is 0 Å². The lowest BCUT2D eigenvalue weighted by Crippen LogP contribution is -2.21. The molecule has 2 nitrogen and oxygen atoms in total. The van der Waals surface area contributed by atoms with Crippen LogP contribution in [0.15, 0.2) is 0 Å². The van der Waals surface area contributed by atoms with Crippen molar-refractivity contribution >= 4 is 0 Å². The zero-order valence-electron chi connectivity index (χ0n) is 6.43. The summed E-state index contributed by atoms with van der Waals surface area (Å²) in [6.45, 7) is 3.86. The topological polar surface area (TPSA) is 32.3 Å².